The highest BCUT2D eigenvalue weighted by atomic mass is 16.5. The number of morpholine rings is 1. The van der Waals surface area contributed by atoms with Crippen molar-refractivity contribution in [1.29, 1.82) is 0 Å². The van der Waals surface area contributed by atoms with Crippen LogP contribution in [-0.2, 0) is 9.53 Å². The van der Waals surface area contributed by atoms with Crippen LogP contribution in [0.2, 0.25) is 0 Å². The minimum atomic E-state index is -0.0623. The minimum Gasteiger partial charge on any atom is -0.378 e. The number of ether oxygens (including phenoxy) is 1. The van der Waals surface area contributed by atoms with Gasteiger partial charge in [-0.1, -0.05) is 0 Å². The maximum atomic E-state index is 12.2. The molecule has 3 N–H and O–H groups in total. The molecule has 0 atom stereocenters. The van der Waals surface area contributed by atoms with Crippen molar-refractivity contribution in [2.45, 2.75) is 12.8 Å². The molecule has 0 bridgehead atoms. The Bertz CT molecular complexity index is 481. The average Bonchev–Trinajstić information content (AvgIpc) is 2.54. The van der Waals surface area contributed by atoms with E-state index < -0.39 is 0 Å². The number of nitrogens with two attached hydrogens (primary N) is 1. The summed E-state index contributed by atoms with van der Waals surface area (Å²) in [6, 6.07) is 6.95. The van der Waals surface area contributed by atoms with E-state index in [9.17, 15) is 9.59 Å². The summed E-state index contributed by atoms with van der Waals surface area (Å²) in [5.41, 5.74) is 6.68. The Morgan fingerprint density at radius 2 is 1.86 bits per heavy atom. The van der Waals surface area contributed by atoms with Crippen molar-refractivity contribution in [1.82, 2.24) is 4.90 Å². The van der Waals surface area contributed by atoms with Gasteiger partial charge >= 0.3 is 0 Å². The van der Waals surface area contributed by atoms with Crippen LogP contribution in [0.3, 0.4) is 0 Å². The lowest BCUT2D eigenvalue weighted by atomic mass is 10.1. The van der Waals surface area contributed by atoms with Gasteiger partial charge in [-0.05, 0) is 37.2 Å². The number of carbonyl (C=O) groups excluding carboxylic acids is 2. The highest BCUT2D eigenvalue weighted by Gasteiger charge is 2.18. The number of amides is 2. The number of rotatable bonds is 5. The second-order valence-electron chi connectivity index (χ2n) is 4.92. The third-order valence-corrected chi connectivity index (χ3v) is 3.32. The van der Waals surface area contributed by atoms with E-state index in [1.54, 1.807) is 29.2 Å². The predicted octanol–water partition coefficient (Wildman–Crippen LogP) is 0.836. The molecule has 1 aromatic carbocycles. The van der Waals surface area contributed by atoms with E-state index in [1.807, 2.05) is 0 Å². The van der Waals surface area contributed by atoms with Crippen molar-refractivity contribution in [2.75, 3.05) is 38.2 Å². The fourth-order valence-electron chi connectivity index (χ4n) is 2.13. The predicted molar refractivity (Wildman–Crippen MR) is 80.1 cm³/mol. The average molecular weight is 291 g/mol. The van der Waals surface area contributed by atoms with Gasteiger partial charge in [0.2, 0.25) is 5.91 Å². The Hall–Kier alpha value is -1.92. The second kappa shape index (κ2) is 7.75. The lowest BCUT2D eigenvalue weighted by Crippen LogP contribution is -2.40. The summed E-state index contributed by atoms with van der Waals surface area (Å²) in [4.78, 5) is 25.6. The van der Waals surface area contributed by atoms with E-state index in [4.69, 9.17) is 10.5 Å². The van der Waals surface area contributed by atoms with Crippen LogP contribution in [-0.4, -0.2) is 49.6 Å². The summed E-state index contributed by atoms with van der Waals surface area (Å²) in [5.74, 6) is -0.0629. The summed E-state index contributed by atoms with van der Waals surface area (Å²) in [6.07, 6.45) is 1.07. The summed E-state index contributed by atoms with van der Waals surface area (Å²) in [6.45, 7) is 2.91. The van der Waals surface area contributed by atoms with E-state index >= 15 is 0 Å². The van der Waals surface area contributed by atoms with Crippen molar-refractivity contribution in [3.8, 4) is 0 Å². The zero-order valence-corrected chi connectivity index (χ0v) is 12.0. The number of benzene rings is 1. The third kappa shape index (κ3) is 4.54. The molecule has 21 heavy (non-hydrogen) atoms. The van der Waals surface area contributed by atoms with E-state index in [-0.39, 0.29) is 11.8 Å². The van der Waals surface area contributed by atoms with Crippen LogP contribution in [0.5, 0.6) is 0 Å². The molecule has 1 saturated heterocycles. The summed E-state index contributed by atoms with van der Waals surface area (Å²) >= 11 is 0. The lowest BCUT2D eigenvalue weighted by Gasteiger charge is -2.26. The van der Waals surface area contributed by atoms with Crippen LogP contribution in [0.4, 0.5) is 5.69 Å². The molecule has 1 aromatic rings. The van der Waals surface area contributed by atoms with Gasteiger partial charge in [-0.3, -0.25) is 9.59 Å². The first-order valence-electron chi connectivity index (χ1n) is 7.17. The topological polar surface area (TPSA) is 84.7 Å². The first kappa shape index (κ1) is 15.5. The van der Waals surface area contributed by atoms with Crippen LogP contribution in [0.1, 0.15) is 23.2 Å². The number of nitrogens with one attached hydrogen (secondary N) is 1. The van der Waals surface area contributed by atoms with Crippen molar-refractivity contribution >= 4 is 17.5 Å². The molecule has 2 rings (SSSR count). The standard InChI is InChI=1S/C15H21N3O3/c16-7-1-2-14(19)17-13-5-3-12(4-6-13)15(20)18-8-10-21-11-9-18/h3-6H,1-2,7-11,16H2,(H,17,19). The van der Waals surface area contributed by atoms with E-state index in [1.165, 1.54) is 0 Å². The Balaban J connectivity index is 1.91. The van der Waals surface area contributed by atoms with Crippen molar-refractivity contribution in [2.24, 2.45) is 5.73 Å². The summed E-state index contributed by atoms with van der Waals surface area (Å²) in [5, 5.41) is 2.78. The first-order valence-corrected chi connectivity index (χ1v) is 7.17. The number of nitrogens with zero attached hydrogens (tertiary/aromatic N) is 1. The largest absolute Gasteiger partial charge is 0.378 e. The fraction of sp³-hybridized carbons (Fsp3) is 0.467. The number of hydrogen-bond acceptors (Lipinski definition) is 4. The molecular formula is C15H21N3O3. The SMILES string of the molecule is NCCCC(=O)Nc1ccc(C(=O)N2CCOCC2)cc1. The molecule has 1 fully saturated rings. The third-order valence-electron chi connectivity index (χ3n) is 3.32. The van der Waals surface area contributed by atoms with Gasteiger partial charge in [-0.25, -0.2) is 0 Å². The van der Waals surface area contributed by atoms with Gasteiger partial charge in [0.15, 0.2) is 0 Å². The molecular weight excluding hydrogens is 270 g/mol. The van der Waals surface area contributed by atoms with Crippen LogP contribution in [0.15, 0.2) is 24.3 Å². The summed E-state index contributed by atoms with van der Waals surface area (Å²) in [7, 11) is 0. The molecule has 0 saturated carbocycles. The Kier molecular flexibility index (Phi) is 5.71. The van der Waals surface area contributed by atoms with Crippen molar-refractivity contribution < 1.29 is 14.3 Å². The Labute approximate surface area is 124 Å². The van der Waals surface area contributed by atoms with Crippen LogP contribution >= 0.6 is 0 Å². The summed E-state index contributed by atoms with van der Waals surface area (Å²) < 4.78 is 5.23. The van der Waals surface area contributed by atoms with E-state index in [0.717, 1.165) is 0 Å². The number of anilines is 1. The molecule has 0 spiro atoms. The van der Waals surface area contributed by atoms with Crippen LogP contribution < -0.4 is 11.1 Å². The first-order chi connectivity index (χ1) is 10.2. The smallest absolute Gasteiger partial charge is 0.254 e. The van der Waals surface area contributed by atoms with Crippen molar-refractivity contribution in [3.05, 3.63) is 29.8 Å². The zero-order valence-electron chi connectivity index (χ0n) is 12.0. The van der Waals surface area contributed by atoms with Gasteiger partial charge in [0.25, 0.3) is 5.91 Å². The van der Waals surface area contributed by atoms with Crippen molar-refractivity contribution in [3.63, 3.8) is 0 Å². The molecule has 6 nitrogen and oxygen atoms in total. The lowest BCUT2D eigenvalue weighted by molar-refractivity contribution is -0.116. The number of hydrogen-bond donors (Lipinski definition) is 2. The molecule has 0 aromatic heterocycles. The van der Waals surface area contributed by atoms with Gasteiger partial charge in [0.1, 0.15) is 0 Å². The fourth-order valence-corrected chi connectivity index (χ4v) is 2.13. The van der Waals surface area contributed by atoms with Gasteiger partial charge in [0.05, 0.1) is 13.2 Å². The Morgan fingerprint density at radius 1 is 1.19 bits per heavy atom. The van der Waals surface area contributed by atoms with Gasteiger partial charge in [0, 0.05) is 30.8 Å². The molecule has 2 amide bonds. The maximum Gasteiger partial charge on any atom is 0.254 e. The molecule has 1 aliphatic heterocycles. The van der Waals surface area contributed by atoms with E-state index in [0.29, 0.717) is 56.9 Å². The van der Waals surface area contributed by atoms with Gasteiger partial charge in [-0.2, -0.15) is 0 Å². The quantitative estimate of drug-likeness (QED) is 0.842. The number of carbonyl (C=O) groups is 2. The van der Waals surface area contributed by atoms with E-state index in [2.05, 4.69) is 5.32 Å². The molecule has 0 aliphatic carbocycles. The molecule has 114 valence electrons. The molecule has 1 heterocycles. The molecule has 0 radical (unpaired) electrons. The van der Waals surface area contributed by atoms with Crippen LogP contribution in [0.25, 0.3) is 0 Å². The zero-order chi connectivity index (χ0) is 15.1. The minimum absolute atomic E-state index is 0.000640. The van der Waals surface area contributed by atoms with Gasteiger partial charge in [-0.15, -0.1) is 0 Å². The molecule has 1 aliphatic rings. The normalized spacial score (nSPS) is 14.8. The highest BCUT2D eigenvalue weighted by Crippen LogP contribution is 2.13. The highest BCUT2D eigenvalue weighted by molar-refractivity contribution is 5.95. The monoisotopic (exact) mass is 291 g/mol. The van der Waals surface area contributed by atoms with Crippen LogP contribution in [0, 0.1) is 0 Å². The van der Waals surface area contributed by atoms with Gasteiger partial charge < -0.3 is 20.7 Å². The maximum absolute atomic E-state index is 12.2. The molecule has 6 heteroatoms. The molecule has 0 unspecified atom stereocenters. The second-order valence-corrected chi connectivity index (χ2v) is 4.92. The Morgan fingerprint density at radius 3 is 2.48 bits per heavy atom.